The second kappa shape index (κ2) is 7.11. The molecule has 3 aromatic carbocycles. The third kappa shape index (κ3) is 3.82. The Morgan fingerprint density at radius 1 is 0.731 bits per heavy atom. The Morgan fingerprint density at radius 3 is 1.65 bits per heavy atom. The SMILES string of the molecule is NC(=O)C(c1ccc(-c2ccccc2)cc1)c1ccc(S(N)(=O)=O)cc1. The summed E-state index contributed by atoms with van der Waals surface area (Å²) >= 11 is 0. The van der Waals surface area contributed by atoms with Crippen LogP contribution in [0.3, 0.4) is 0 Å². The van der Waals surface area contributed by atoms with Crippen LogP contribution >= 0.6 is 0 Å². The molecule has 0 radical (unpaired) electrons. The Hall–Kier alpha value is -2.96. The zero-order valence-electron chi connectivity index (χ0n) is 13.9. The minimum atomic E-state index is -3.78. The number of benzene rings is 3. The van der Waals surface area contributed by atoms with Gasteiger partial charge in [-0.25, -0.2) is 13.6 Å². The number of hydrogen-bond acceptors (Lipinski definition) is 3. The fourth-order valence-corrected chi connectivity index (χ4v) is 3.39. The van der Waals surface area contributed by atoms with E-state index in [9.17, 15) is 13.2 Å². The lowest BCUT2D eigenvalue weighted by Crippen LogP contribution is -2.22. The number of rotatable bonds is 5. The topological polar surface area (TPSA) is 103 Å². The molecule has 3 aromatic rings. The van der Waals surface area contributed by atoms with Gasteiger partial charge in [-0.3, -0.25) is 4.79 Å². The molecule has 1 amide bonds. The highest BCUT2D eigenvalue weighted by Gasteiger charge is 2.21. The Kier molecular flexibility index (Phi) is 4.88. The van der Waals surface area contributed by atoms with Gasteiger partial charge in [-0.2, -0.15) is 0 Å². The second-order valence-electron chi connectivity index (χ2n) is 5.94. The Bertz CT molecular complexity index is 1010. The van der Waals surface area contributed by atoms with Crippen LogP contribution in [0.5, 0.6) is 0 Å². The van der Waals surface area contributed by atoms with Gasteiger partial charge in [-0.1, -0.05) is 66.7 Å². The molecule has 3 rings (SSSR count). The molecule has 0 spiro atoms. The first-order valence-corrected chi connectivity index (χ1v) is 9.48. The molecule has 4 N–H and O–H groups in total. The summed E-state index contributed by atoms with van der Waals surface area (Å²) in [7, 11) is -3.78. The monoisotopic (exact) mass is 366 g/mol. The molecule has 0 aromatic heterocycles. The minimum Gasteiger partial charge on any atom is -0.369 e. The predicted molar refractivity (Wildman–Crippen MR) is 101 cm³/mol. The lowest BCUT2D eigenvalue weighted by Gasteiger charge is -2.15. The molecule has 1 unspecified atom stereocenters. The normalized spacial score (nSPS) is 12.5. The number of carbonyl (C=O) groups excluding carboxylic acids is 1. The maximum absolute atomic E-state index is 12.0. The van der Waals surface area contributed by atoms with Crippen LogP contribution in [-0.4, -0.2) is 14.3 Å². The summed E-state index contributed by atoms with van der Waals surface area (Å²) in [4.78, 5) is 12.0. The van der Waals surface area contributed by atoms with Crippen LogP contribution in [0.4, 0.5) is 0 Å². The molecule has 1 atom stereocenters. The maximum atomic E-state index is 12.0. The van der Waals surface area contributed by atoms with Gasteiger partial charge in [-0.05, 0) is 34.4 Å². The quantitative estimate of drug-likeness (QED) is 0.725. The molecule has 0 saturated heterocycles. The van der Waals surface area contributed by atoms with Crippen molar-refractivity contribution in [3.05, 3.63) is 90.0 Å². The van der Waals surface area contributed by atoms with Crippen molar-refractivity contribution in [3.63, 3.8) is 0 Å². The van der Waals surface area contributed by atoms with Gasteiger partial charge in [0.1, 0.15) is 0 Å². The van der Waals surface area contributed by atoms with Gasteiger partial charge in [0.2, 0.25) is 15.9 Å². The van der Waals surface area contributed by atoms with Crippen molar-refractivity contribution in [1.82, 2.24) is 0 Å². The molecular weight excluding hydrogens is 348 g/mol. The zero-order valence-corrected chi connectivity index (χ0v) is 14.7. The van der Waals surface area contributed by atoms with Gasteiger partial charge in [0, 0.05) is 0 Å². The van der Waals surface area contributed by atoms with Crippen LogP contribution < -0.4 is 10.9 Å². The Labute approximate surface area is 152 Å². The molecule has 5 nitrogen and oxygen atoms in total. The van der Waals surface area contributed by atoms with E-state index >= 15 is 0 Å². The highest BCUT2D eigenvalue weighted by atomic mass is 32.2. The maximum Gasteiger partial charge on any atom is 0.238 e. The Balaban J connectivity index is 1.95. The summed E-state index contributed by atoms with van der Waals surface area (Å²) in [6.45, 7) is 0. The summed E-state index contributed by atoms with van der Waals surface area (Å²) in [5, 5.41) is 5.11. The first-order chi connectivity index (χ1) is 12.4. The molecule has 132 valence electrons. The van der Waals surface area contributed by atoms with Crippen LogP contribution in [-0.2, 0) is 14.8 Å². The van der Waals surface area contributed by atoms with Crippen molar-refractivity contribution < 1.29 is 13.2 Å². The van der Waals surface area contributed by atoms with E-state index in [4.69, 9.17) is 10.9 Å². The van der Waals surface area contributed by atoms with Gasteiger partial charge in [0.25, 0.3) is 0 Å². The first-order valence-electron chi connectivity index (χ1n) is 7.94. The van der Waals surface area contributed by atoms with Crippen LogP contribution in [0.25, 0.3) is 11.1 Å². The molecule has 0 aliphatic carbocycles. The highest BCUT2D eigenvalue weighted by molar-refractivity contribution is 7.89. The molecule has 0 bridgehead atoms. The van der Waals surface area contributed by atoms with Gasteiger partial charge in [-0.15, -0.1) is 0 Å². The van der Waals surface area contributed by atoms with Crippen molar-refractivity contribution in [2.24, 2.45) is 10.9 Å². The van der Waals surface area contributed by atoms with E-state index < -0.39 is 21.8 Å². The lowest BCUT2D eigenvalue weighted by molar-refractivity contribution is -0.118. The van der Waals surface area contributed by atoms with E-state index in [1.165, 1.54) is 12.1 Å². The van der Waals surface area contributed by atoms with Gasteiger partial charge in [0.05, 0.1) is 10.8 Å². The Morgan fingerprint density at radius 2 is 1.19 bits per heavy atom. The number of sulfonamides is 1. The van der Waals surface area contributed by atoms with Crippen molar-refractivity contribution in [2.75, 3.05) is 0 Å². The van der Waals surface area contributed by atoms with E-state index in [-0.39, 0.29) is 4.90 Å². The molecule has 0 saturated carbocycles. The summed E-state index contributed by atoms with van der Waals surface area (Å²) in [6.07, 6.45) is 0. The fraction of sp³-hybridized carbons (Fsp3) is 0.0500. The van der Waals surface area contributed by atoms with Crippen LogP contribution in [0.15, 0.2) is 83.8 Å². The molecule has 0 aliphatic heterocycles. The molecule has 6 heteroatoms. The average molecular weight is 366 g/mol. The predicted octanol–water partition coefficient (Wildman–Crippen LogP) is 2.62. The van der Waals surface area contributed by atoms with E-state index in [2.05, 4.69) is 0 Å². The number of amides is 1. The van der Waals surface area contributed by atoms with Crippen LogP contribution in [0.2, 0.25) is 0 Å². The van der Waals surface area contributed by atoms with E-state index in [1.54, 1.807) is 12.1 Å². The van der Waals surface area contributed by atoms with Gasteiger partial charge < -0.3 is 5.73 Å². The van der Waals surface area contributed by atoms with Gasteiger partial charge >= 0.3 is 0 Å². The fourth-order valence-electron chi connectivity index (χ4n) is 2.87. The van der Waals surface area contributed by atoms with Crippen molar-refractivity contribution >= 4 is 15.9 Å². The third-order valence-electron chi connectivity index (χ3n) is 4.18. The van der Waals surface area contributed by atoms with E-state index in [0.717, 1.165) is 16.7 Å². The summed E-state index contributed by atoms with van der Waals surface area (Å²) < 4.78 is 22.8. The second-order valence-corrected chi connectivity index (χ2v) is 7.50. The number of hydrogen-bond donors (Lipinski definition) is 2. The number of nitrogens with two attached hydrogens (primary N) is 2. The zero-order chi connectivity index (χ0) is 18.7. The van der Waals surface area contributed by atoms with Crippen molar-refractivity contribution in [3.8, 4) is 11.1 Å². The van der Waals surface area contributed by atoms with Gasteiger partial charge in [0.15, 0.2) is 0 Å². The summed E-state index contributed by atoms with van der Waals surface area (Å²) in [5.74, 6) is -1.19. The van der Waals surface area contributed by atoms with Crippen LogP contribution in [0, 0.1) is 0 Å². The number of carbonyl (C=O) groups is 1. The molecular formula is C20H18N2O3S. The minimum absolute atomic E-state index is 0.0103. The third-order valence-corrected chi connectivity index (χ3v) is 5.11. The molecule has 26 heavy (non-hydrogen) atoms. The molecule has 0 heterocycles. The number of primary sulfonamides is 1. The van der Waals surface area contributed by atoms with E-state index in [1.807, 2.05) is 54.6 Å². The highest BCUT2D eigenvalue weighted by Crippen LogP contribution is 2.28. The van der Waals surface area contributed by atoms with E-state index in [0.29, 0.717) is 5.56 Å². The average Bonchev–Trinajstić information content (AvgIpc) is 2.63. The first kappa shape index (κ1) is 17.8. The summed E-state index contributed by atoms with van der Waals surface area (Å²) in [6, 6.07) is 23.3. The van der Waals surface area contributed by atoms with Crippen molar-refractivity contribution in [2.45, 2.75) is 10.8 Å². The lowest BCUT2D eigenvalue weighted by atomic mass is 9.89. The molecule has 0 fully saturated rings. The largest absolute Gasteiger partial charge is 0.369 e. The van der Waals surface area contributed by atoms with Crippen LogP contribution in [0.1, 0.15) is 17.0 Å². The van der Waals surface area contributed by atoms with Crippen molar-refractivity contribution in [1.29, 1.82) is 0 Å². The summed E-state index contributed by atoms with van der Waals surface area (Å²) in [5.41, 5.74) is 9.04. The standard InChI is InChI=1S/C20H18N2O3S/c21-20(23)19(17-10-12-18(13-11-17)26(22,24)25)16-8-6-15(7-9-16)14-4-2-1-3-5-14/h1-13,19H,(H2,21,23)(H2,22,24,25). The smallest absolute Gasteiger partial charge is 0.238 e. The molecule has 0 aliphatic rings. The number of primary amides is 1.